The number of hydrogen-bond donors (Lipinski definition) is 2. The first-order chi connectivity index (χ1) is 15.2. The molecule has 1 saturated heterocycles. The number of ether oxygens (including phenoxy) is 2. The number of nitrogens with zero attached hydrogens (tertiary/aromatic N) is 1. The highest BCUT2D eigenvalue weighted by atomic mass is 32.2. The fourth-order valence-corrected chi connectivity index (χ4v) is 4.41. The summed E-state index contributed by atoms with van der Waals surface area (Å²) in [6, 6.07) is 5.86. The van der Waals surface area contributed by atoms with Gasteiger partial charge < -0.3 is 19.4 Å². The Bertz CT molecular complexity index is 1090. The number of amides is 1. The Kier molecular flexibility index (Phi) is 7.31. The minimum atomic E-state index is -3.97. The average molecular weight is 464 g/mol. The molecule has 0 bridgehead atoms. The van der Waals surface area contributed by atoms with E-state index in [1.165, 1.54) is 50.6 Å². The molecule has 1 aliphatic rings. The Labute approximate surface area is 185 Å². The highest BCUT2D eigenvalue weighted by molar-refractivity contribution is 7.89. The normalized spacial score (nSPS) is 14.8. The van der Waals surface area contributed by atoms with Gasteiger partial charge in [-0.1, -0.05) is 0 Å². The number of aromatic nitrogens is 1. The molecule has 3 rings (SSSR count). The third-order valence-electron chi connectivity index (χ3n) is 5.03. The maximum Gasteiger partial charge on any atom is 0.324 e. The second-order valence-corrected chi connectivity index (χ2v) is 9.06. The van der Waals surface area contributed by atoms with Crippen LogP contribution in [0.4, 0.5) is 0 Å². The van der Waals surface area contributed by atoms with Crippen LogP contribution in [0.3, 0.4) is 0 Å². The number of carbonyl (C=O) groups is 3. The molecule has 1 aromatic carbocycles. The Balaban J connectivity index is 1.53. The molecule has 1 fully saturated rings. The molecule has 11 heteroatoms. The Morgan fingerprint density at radius 2 is 1.81 bits per heavy atom. The molecule has 2 aromatic rings. The summed E-state index contributed by atoms with van der Waals surface area (Å²) in [5.41, 5.74) is 0.494. The molecule has 0 spiro atoms. The smallest absolute Gasteiger partial charge is 0.324 e. The van der Waals surface area contributed by atoms with Crippen LogP contribution in [-0.2, 0) is 19.6 Å². The van der Waals surface area contributed by atoms with Crippen molar-refractivity contribution in [2.75, 3.05) is 26.8 Å². The number of Topliss-reactive ketones (excluding diaryl/α,β-unsaturated/α-hetero) is 1. The summed E-state index contributed by atoms with van der Waals surface area (Å²) in [6.45, 7) is 2.10. The molecule has 2 heterocycles. The molecule has 1 aromatic heterocycles. The van der Waals surface area contributed by atoms with Gasteiger partial charge in [0.05, 0.1) is 12.0 Å². The quantitative estimate of drug-likeness (QED) is 0.423. The predicted molar refractivity (Wildman–Crippen MR) is 114 cm³/mol. The average Bonchev–Trinajstić information content (AvgIpc) is 3.49. The van der Waals surface area contributed by atoms with E-state index < -0.39 is 34.4 Å². The molecular weight excluding hydrogens is 438 g/mol. The van der Waals surface area contributed by atoms with E-state index in [0.717, 1.165) is 12.8 Å². The highest BCUT2D eigenvalue weighted by Gasteiger charge is 2.25. The van der Waals surface area contributed by atoms with Crippen LogP contribution in [0.15, 0.2) is 41.4 Å². The van der Waals surface area contributed by atoms with Crippen LogP contribution in [0, 0.1) is 0 Å². The first kappa shape index (κ1) is 23.5. The largest absolute Gasteiger partial charge is 0.497 e. The molecule has 0 unspecified atom stereocenters. The monoisotopic (exact) mass is 463 g/mol. The maximum absolute atomic E-state index is 12.4. The van der Waals surface area contributed by atoms with Crippen molar-refractivity contribution < 1.29 is 32.3 Å². The molecule has 1 amide bonds. The van der Waals surface area contributed by atoms with E-state index in [1.54, 1.807) is 4.90 Å². The Morgan fingerprint density at radius 3 is 2.44 bits per heavy atom. The predicted octanol–water partition coefficient (Wildman–Crippen LogP) is 1.35. The topological polar surface area (TPSA) is 135 Å². The maximum atomic E-state index is 12.4. The van der Waals surface area contributed by atoms with Gasteiger partial charge in [-0.2, -0.15) is 4.72 Å². The number of nitrogens with one attached hydrogen (secondary N) is 2. The lowest BCUT2D eigenvalue weighted by atomic mass is 10.2. The van der Waals surface area contributed by atoms with Crippen molar-refractivity contribution in [1.29, 1.82) is 0 Å². The lowest BCUT2D eigenvalue weighted by molar-refractivity contribution is -0.144. The minimum absolute atomic E-state index is 0.0449. The minimum Gasteiger partial charge on any atom is -0.497 e. The summed E-state index contributed by atoms with van der Waals surface area (Å²) in [6.07, 6.45) is 3.29. The van der Waals surface area contributed by atoms with Gasteiger partial charge >= 0.3 is 5.97 Å². The van der Waals surface area contributed by atoms with Crippen LogP contribution in [0.25, 0.3) is 0 Å². The van der Waals surface area contributed by atoms with Gasteiger partial charge in [-0.25, -0.2) is 8.42 Å². The van der Waals surface area contributed by atoms with Gasteiger partial charge in [-0.3, -0.25) is 14.4 Å². The number of H-pyrrole nitrogens is 1. The first-order valence-electron chi connectivity index (χ1n) is 10.0. The van der Waals surface area contributed by atoms with Crippen molar-refractivity contribution in [2.24, 2.45) is 0 Å². The molecule has 0 aliphatic carbocycles. The van der Waals surface area contributed by atoms with Gasteiger partial charge in [0.2, 0.25) is 15.8 Å². The third-order valence-corrected chi connectivity index (χ3v) is 6.59. The standard InChI is InChI=1S/C21H25N3O7S/c1-14(23-32(28,29)17-7-5-16(30-2)6-8-17)21(27)31-13-19(25)15-11-18(22-12-15)20(26)24-9-3-4-10-24/h5-8,11-12,14,22-23H,3-4,9-10,13H2,1-2H3/t14-/m0/s1. The summed E-state index contributed by atoms with van der Waals surface area (Å²) >= 11 is 0. The molecule has 10 nitrogen and oxygen atoms in total. The number of likely N-dealkylation sites (tertiary alicyclic amines) is 1. The van der Waals surface area contributed by atoms with Crippen LogP contribution >= 0.6 is 0 Å². The molecule has 1 aliphatic heterocycles. The van der Waals surface area contributed by atoms with Crippen LogP contribution in [0.1, 0.15) is 40.6 Å². The first-order valence-corrected chi connectivity index (χ1v) is 11.5. The van der Waals surface area contributed by atoms with Crippen LogP contribution in [-0.4, -0.2) is 68.8 Å². The summed E-state index contributed by atoms with van der Waals surface area (Å²) in [7, 11) is -2.51. The Hall–Kier alpha value is -3.18. The number of esters is 1. The van der Waals surface area contributed by atoms with E-state index in [-0.39, 0.29) is 16.4 Å². The molecule has 172 valence electrons. The number of hydrogen-bond acceptors (Lipinski definition) is 7. The molecule has 0 saturated carbocycles. The van der Waals surface area contributed by atoms with Gasteiger partial charge in [0, 0.05) is 24.8 Å². The second kappa shape index (κ2) is 9.96. The van der Waals surface area contributed by atoms with E-state index >= 15 is 0 Å². The van der Waals surface area contributed by atoms with Crippen LogP contribution in [0.5, 0.6) is 5.75 Å². The third kappa shape index (κ3) is 5.54. The van der Waals surface area contributed by atoms with E-state index in [4.69, 9.17) is 9.47 Å². The van der Waals surface area contributed by atoms with Crippen LogP contribution in [0.2, 0.25) is 0 Å². The van der Waals surface area contributed by atoms with Crippen molar-refractivity contribution in [3.05, 3.63) is 47.8 Å². The van der Waals surface area contributed by atoms with Crippen molar-refractivity contribution in [3.63, 3.8) is 0 Å². The van der Waals surface area contributed by atoms with E-state index in [2.05, 4.69) is 9.71 Å². The van der Waals surface area contributed by atoms with Gasteiger partial charge in [0.1, 0.15) is 17.5 Å². The van der Waals surface area contributed by atoms with Gasteiger partial charge in [-0.15, -0.1) is 0 Å². The zero-order valence-electron chi connectivity index (χ0n) is 17.8. The summed E-state index contributed by atoms with van der Waals surface area (Å²) < 4.78 is 37.0. The zero-order valence-corrected chi connectivity index (χ0v) is 18.6. The number of benzene rings is 1. The number of rotatable bonds is 9. The lowest BCUT2D eigenvalue weighted by Gasteiger charge is -2.14. The molecular formula is C21H25N3O7S. The van der Waals surface area contributed by atoms with Crippen molar-refractivity contribution in [3.8, 4) is 5.75 Å². The van der Waals surface area contributed by atoms with Gasteiger partial charge in [-0.05, 0) is 50.1 Å². The van der Waals surface area contributed by atoms with Crippen LogP contribution < -0.4 is 9.46 Å². The number of sulfonamides is 1. The molecule has 32 heavy (non-hydrogen) atoms. The highest BCUT2D eigenvalue weighted by Crippen LogP contribution is 2.16. The molecule has 1 atom stereocenters. The zero-order chi connectivity index (χ0) is 23.3. The van der Waals surface area contributed by atoms with E-state index in [0.29, 0.717) is 24.5 Å². The molecule has 0 radical (unpaired) electrons. The van der Waals surface area contributed by atoms with Gasteiger partial charge in [0.25, 0.3) is 5.91 Å². The summed E-state index contributed by atoms with van der Waals surface area (Å²) in [4.78, 5) is 41.3. The SMILES string of the molecule is COc1ccc(S(=O)(=O)N[C@@H](C)C(=O)OCC(=O)c2c[nH]c(C(=O)N3CCCC3)c2)cc1. The van der Waals surface area contributed by atoms with Crippen molar-refractivity contribution in [1.82, 2.24) is 14.6 Å². The molecule has 2 N–H and O–H groups in total. The van der Waals surface area contributed by atoms with Crippen molar-refractivity contribution >= 4 is 27.7 Å². The fraction of sp³-hybridized carbons (Fsp3) is 0.381. The van der Waals surface area contributed by atoms with Gasteiger partial charge in [0.15, 0.2) is 6.61 Å². The number of aromatic amines is 1. The second-order valence-electron chi connectivity index (χ2n) is 7.35. The number of methoxy groups -OCH3 is 1. The summed E-state index contributed by atoms with van der Waals surface area (Å²) in [5.74, 6) is -1.11. The van der Waals surface area contributed by atoms with E-state index in [9.17, 15) is 22.8 Å². The summed E-state index contributed by atoms with van der Waals surface area (Å²) in [5, 5.41) is 0. The number of carbonyl (C=O) groups excluding carboxylic acids is 3. The Morgan fingerprint density at radius 1 is 1.16 bits per heavy atom. The lowest BCUT2D eigenvalue weighted by Crippen LogP contribution is -2.40. The number of ketones is 1. The van der Waals surface area contributed by atoms with Crippen molar-refractivity contribution in [2.45, 2.75) is 30.7 Å². The van der Waals surface area contributed by atoms with E-state index in [1.807, 2.05) is 0 Å². The fourth-order valence-electron chi connectivity index (χ4n) is 3.22.